The summed E-state index contributed by atoms with van der Waals surface area (Å²) in [7, 11) is 3.31. The topological polar surface area (TPSA) is 71.6 Å². The molecular formula is C15H25N3O2. The van der Waals surface area contributed by atoms with Gasteiger partial charge in [-0.3, -0.25) is 10.3 Å². The van der Waals surface area contributed by atoms with E-state index in [0.717, 1.165) is 18.7 Å². The smallest absolute Gasteiger partial charge is 0.130 e. The second kappa shape index (κ2) is 7.87. The van der Waals surface area contributed by atoms with Gasteiger partial charge < -0.3 is 15.2 Å². The minimum Gasteiger partial charge on any atom is -0.496 e. The zero-order valence-corrected chi connectivity index (χ0v) is 12.8. The van der Waals surface area contributed by atoms with Crippen LogP contribution in [0.3, 0.4) is 0 Å². The molecule has 0 bridgehead atoms. The van der Waals surface area contributed by atoms with Crippen molar-refractivity contribution in [1.29, 1.82) is 5.41 Å². The van der Waals surface area contributed by atoms with Crippen molar-refractivity contribution in [3.8, 4) is 5.75 Å². The second-order valence-corrected chi connectivity index (χ2v) is 5.01. The zero-order chi connectivity index (χ0) is 15.1. The van der Waals surface area contributed by atoms with E-state index in [-0.39, 0.29) is 5.84 Å². The van der Waals surface area contributed by atoms with Gasteiger partial charge in [-0.15, -0.1) is 0 Å². The molecule has 0 radical (unpaired) electrons. The van der Waals surface area contributed by atoms with Crippen molar-refractivity contribution in [2.45, 2.75) is 26.4 Å². The molecule has 0 aliphatic carbocycles. The minimum absolute atomic E-state index is 0.0218. The molecular weight excluding hydrogens is 254 g/mol. The fourth-order valence-corrected chi connectivity index (χ4v) is 2.02. The summed E-state index contributed by atoms with van der Waals surface area (Å²) in [6, 6.07) is 6.20. The molecule has 0 spiro atoms. The van der Waals surface area contributed by atoms with Crippen LogP contribution in [-0.4, -0.2) is 44.1 Å². The quantitative estimate of drug-likeness (QED) is 0.562. The molecule has 0 heterocycles. The summed E-state index contributed by atoms with van der Waals surface area (Å²) in [5.74, 6) is 0.666. The molecule has 5 nitrogen and oxygen atoms in total. The number of ether oxygens (including phenoxy) is 2. The molecule has 0 aromatic heterocycles. The molecule has 0 fully saturated rings. The van der Waals surface area contributed by atoms with Crippen molar-refractivity contribution in [2.24, 2.45) is 5.73 Å². The molecule has 1 aromatic carbocycles. The third kappa shape index (κ3) is 4.51. The lowest BCUT2D eigenvalue weighted by molar-refractivity contribution is 0.125. The average Bonchev–Trinajstić information content (AvgIpc) is 2.42. The number of nitrogens with two attached hydrogens (primary N) is 1. The SMILES string of the molecule is COCCN(Cc1ccc(C(=N)N)c(OC)c1)C(C)C. The molecule has 0 amide bonds. The Balaban J connectivity index is 2.87. The first kappa shape index (κ1) is 16.5. The first-order chi connectivity index (χ1) is 9.49. The lowest BCUT2D eigenvalue weighted by Gasteiger charge is -2.26. The molecule has 0 saturated heterocycles. The van der Waals surface area contributed by atoms with Crippen LogP contribution < -0.4 is 10.5 Å². The Morgan fingerprint density at radius 2 is 2.05 bits per heavy atom. The highest BCUT2D eigenvalue weighted by Crippen LogP contribution is 2.21. The van der Waals surface area contributed by atoms with E-state index < -0.39 is 0 Å². The Morgan fingerprint density at radius 1 is 1.35 bits per heavy atom. The molecule has 3 N–H and O–H groups in total. The van der Waals surface area contributed by atoms with Gasteiger partial charge in [0.1, 0.15) is 11.6 Å². The molecule has 0 aliphatic heterocycles. The van der Waals surface area contributed by atoms with E-state index in [2.05, 4.69) is 18.7 Å². The van der Waals surface area contributed by atoms with E-state index in [1.54, 1.807) is 14.2 Å². The number of nitrogens with zero attached hydrogens (tertiary/aromatic N) is 1. The van der Waals surface area contributed by atoms with E-state index in [9.17, 15) is 0 Å². The lowest BCUT2D eigenvalue weighted by Crippen LogP contribution is -2.33. The van der Waals surface area contributed by atoms with Crippen molar-refractivity contribution in [3.05, 3.63) is 29.3 Å². The molecule has 0 saturated carbocycles. The Labute approximate surface area is 121 Å². The van der Waals surface area contributed by atoms with Crippen molar-refractivity contribution in [1.82, 2.24) is 4.90 Å². The molecule has 0 unspecified atom stereocenters. The largest absolute Gasteiger partial charge is 0.496 e. The average molecular weight is 279 g/mol. The Morgan fingerprint density at radius 3 is 2.55 bits per heavy atom. The third-order valence-electron chi connectivity index (χ3n) is 3.25. The van der Waals surface area contributed by atoms with Gasteiger partial charge in [-0.2, -0.15) is 0 Å². The van der Waals surface area contributed by atoms with Crippen molar-refractivity contribution in [3.63, 3.8) is 0 Å². The maximum atomic E-state index is 7.52. The molecule has 1 aromatic rings. The Kier molecular flexibility index (Phi) is 6.48. The number of hydrogen-bond acceptors (Lipinski definition) is 4. The van der Waals surface area contributed by atoms with Gasteiger partial charge in [0.05, 0.1) is 19.3 Å². The normalized spacial score (nSPS) is 11.1. The number of methoxy groups -OCH3 is 2. The monoisotopic (exact) mass is 279 g/mol. The molecule has 0 atom stereocenters. The van der Waals surface area contributed by atoms with Crippen LogP contribution in [0.25, 0.3) is 0 Å². The van der Waals surface area contributed by atoms with Crippen LogP contribution in [0.1, 0.15) is 25.0 Å². The number of nitrogens with one attached hydrogen (secondary N) is 1. The summed E-state index contributed by atoms with van der Waals surface area (Å²) in [6.45, 7) is 6.73. The van der Waals surface area contributed by atoms with E-state index in [1.165, 1.54) is 0 Å². The summed E-state index contributed by atoms with van der Waals surface area (Å²) in [4.78, 5) is 2.33. The predicted molar refractivity (Wildman–Crippen MR) is 81.4 cm³/mol. The predicted octanol–water partition coefficient (Wildman–Crippen LogP) is 1.84. The number of benzene rings is 1. The summed E-state index contributed by atoms with van der Waals surface area (Å²) in [5, 5.41) is 7.52. The Hall–Kier alpha value is -1.59. The molecule has 0 aliphatic rings. The summed E-state index contributed by atoms with van der Waals surface area (Å²) in [5.41, 5.74) is 7.30. The van der Waals surface area contributed by atoms with Gasteiger partial charge in [0.2, 0.25) is 0 Å². The van der Waals surface area contributed by atoms with Gasteiger partial charge in [-0.25, -0.2) is 0 Å². The zero-order valence-electron chi connectivity index (χ0n) is 12.8. The first-order valence-corrected chi connectivity index (χ1v) is 6.73. The summed E-state index contributed by atoms with van der Waals surface area (Å²) in [6.07, 6.45) is 0. The fourth-order valence-electron chi connectivity index (χ4n) is 2.02. The van der Waals surface area contributed by atoms with Crippen LogP contribution in [0.15, 0.2) is 18.2 Å². The highest BCUT2D eigenvalue weighted by Gasteiger charge is 2.12. The van der Waals surface area contributed by atoms with Crippen molar-refractivity contribution >= 4 is 5.84 Å². The van der Waals surface area contributed by atoms with Crippen LogP contribution >= 0.6 is 0 Å². The number of rotatable bonds is 8. The van der Waals surface area contributed by atoms with Crippen LogP contribution in [0.2, 0.25) is 0 Å². The fraction of sp³-hybridized carbons (Fsp3) is 0.533. The van der Waals surface area contributed by atoms with Gasteiger partial charge in [0, 0.05) is 26.2 Å². The molecule has 5 heteroatoms. The van der Waals surface area contributed by atoms with Crippen molar-refractivity contribution < 1.29 is 9.47 Å². The lowest BCUT2D eigenvalue weighted by atomic mass is 10.1. The van der Waals surface area contributed by atoms with Crippen LogP contribution in [0, 0.1) is 5.41 Å². The highest BCUT2D eigenvalue weighted by atomic mass is 16.5. The van der Waals surface area contributed by atoms with Crippen LogP contribution in [0.5, 0.6) is 5.75 Å². The van der Waals surface area contributed by atoms with Gasteiger partial charge in [0.25, 0.3) is 0 Å². The van der Waals surface area contributed by atoms with E-state index in [0.29, 0.717) is 24.0 Å². The second-order valence-electron chi connectivity index (χ2n) is 5.01. The number of hydrogen-bond donors (Lipinski definition) is 2. The van der Waals surface area contributed by atoms with Gasteiger partial charge in [-0.05, 0) is 31.5 Å². The standard InChI is InChI=1S/C15H25N3O2/c1-11(2)18(7-8-19-3)10-12-5-6-13(15(16)17)14(9-12)20-4/h5-6,9,11H,7-8,10H2,1-4H3,(H3,16,17). The molecule has 112 valence electrons. The molecule has 1 rings (SSSR count). The maximum absolute atomic E-state index is 7.52. The van der Waals surface area contributed by atoms with Gasteiger partial charge >= 0.3 is 0 Å². The summed E-state index contributed by atoms with van der Waals surface area (Å²) < 4.78 is 10.5. The first-order valence-electron chi connectivity index (χ1n) is 6.73. The maximum Gasteiger partial charge on any atom is 0.130 e. The van der Waals surface area contributed by atoms with E-state index >= 15 is 0 Å². The minimum atomic E-state index is 0.0218. The number of amidine groups is 1. The van der Waals surface area contributed by atoms with Crippen LogP contribution in [0.4, 0.5) is 0 Å². The molecule has 20 heavy (non-hydrogen) atoms. The number of nitrogen functional groups attached to an aromatic ring is 1. The third-order valence-corrected chi connectivity index (χ3v) is 3.25. The summed E-state index contributed by atoms with van der Waals surface area (Å²) >= 11 is 0. The Bertz CT molecular complexity index is 447. The van der Waals surface area contributed by atoms with Gasteiger partial charge in [0.15, 0.2) is 0 Å². The van der Waals surface area contributed by atoms with E-state index in [1.807, 2.05) is 18.2 Å². The van der Waals surface area contributed by atoms with Crippen LogP contribution in [-0.2, 0) is 11.3 Å². The van der Waals surface area contributed by atoms with Crippen molar-refractivity contribution in [2.75, 3.05) is 27.4 Å². The van der Waals surface area contributed by atoms with E-state index in [4.69, 9.17) is 20.6 Å². The van der Waals surface area contributed by atoms with Gasteiger partial charge in [-0.1, -0.05) is 6.07 Å². The highest BCUT2D eigenvalue weighted by molar-refractivity contribution is 5.97.